The summed E-state index contributed by atoms with van der Waals surface area (Å²) in [4.78, 5) is 77.4. The summed E-state index contributed by atoms with van der Waals surface area (Å²) in [5.41, 5.74) is 4.43. The number of nitrogens with zero attached hydrogens (tertiary/aromatic N) is 6. The standard InChI is InChI=1S/C43H49N11O6S/c1-4-27(23-55)48-34-18-35(54-38(50-34)31(22-47-54)24(2)3)45-19-25-8-10-28(11-9-25)49-43(60)52-16-14-26(15-17-52)40-46-21-29(61-40)20-44-32-7-5-6-30-37(32)42(59)53(41(30)58)33-12-13-36(56)51-39(33)57/h5-11,18,21-22,24,26-27,33,44-45,55H,4,12-17,19-20,23H2,1-3H3,(H,48,50)(H,49,60)(H,51,56,57)/t27-,33?/m0/s1. The Bertz CT molecular complexity index is 2470. The second-order valence-electron chi connectivity index (χ2n) is 15.9. The van der Waals surface area contributed by atoms with Gasteiger partial charge in [-0.15, -0.1) is 11.3 Å². The van der Waals surface area contributed by atoms with Crippen LogP contribution in [0.5, 0.6) is 0 Å². The van der Waals surface area contributed by atoms with Crippen LogP contribution >= 0.6 is 11.3 Å². The van der Waals surface area contributed by atoms with E-state index in [1.54, 1.807) is 34.1 Å². The van der Waals surface area contributed by atoms with E-state index < -0.39 is 29.7 Å². The average Bonchev–Trinajstić information content (AvgIpc) is 3.99. The Balaban J connectivity index is 0.822. The molecule has 318 valence electrons. The van der Waals surface area contributed by atoms with Crippen LogP contribution in [0.4, 0.5) is 27.8 Å². The highest BCUT2D eigenvalue weighted by Crippen LogP contribution is 2.35. The quantitative estimate of drug-likeness (QED) is 0.0762. The van der Waals surface area contributed by atoms with Gasteiger partial charge in [-0.1, -0.05) is 39.0 Å². The highest BCUT2D eigenvalue weighted by molar-refractivity contribution is 7.11. The van der Waals surface area contributed by atoms with Crippen molar-refractivity contribution in [1.29, 1.82) is 0 Å². The molecule has 17 nitrogen and oxygen atoms in total. The smallest absolute Gasteiger partial charge is 0.321 e. The molecule has 3 aromatic heterocycles. The van der Waals surface area contributed by atoms with Crippen molar-refractivity contribution >= 4 is 69.7 Å². The number of carbonyl (C=O) groups is 5. The maximum Gasteiger partial charge on any atom is 0.321 e. The number of imide groups is 2. The predicted molar refractivity (Wildman–Crippen MR) is 231 cm³/mol. The molecule has 2 atom stereocenters. The third kappa shape index (κ3) is 8.63. The molecule has 61 heavy (non-hydrogen) atoms. The summed E-state index contributed by atoms with van der Waals surface area (Å²) in [6, 6.07) is 13.3. The molecule has 8 rings (SSSR count). The van der Waals surface area contributed by atoms with Crippen molar-refractivity contribution in [3.05, 3.63) is 93.1 Å². The number of anilines is 4. The molecule has 0 bridgehead atoms. The maximum atomic E-state index is 13.5. The highest BCUT2D eigenvalue weighted by Gasteiger charge is 2.45. The first-order valence-electron chi connectivity index (χ1n) is 20.7. The Hall–Kier alpha value is -6.40. The molecule has 1 unspecified atom stereocenters. The molecule has 6 N–H and O–H groups in total. The van der Waals surface area contributed by atoms with Gasteiger partial charge in [0.2, 0.25) is 11.8 Å². The number of urea groups is 1. The topological polar surface area (TPSA) is 215 Å². The second kappa shape index (κ2) is 17.7. The number of aliphatic hydroxyl groups is 1. The van der Waals surface area contributed by atoms with E-state index in [1.807, 2.05) is 54.5 Å². The van der Waals surface area contributed by atoms with E-state index >= 15 is 0 Å². The van der Waals surface area contributed by atoms with Gasteiger partial charge >= 0.3 is 6.03 Å². The molecule has 0 aliphatic carbocycles. The predicted octanol–water partition coefficient (Wildman–Crippen LogP) is 5.53. The fourth-order valence-electron chi connectivity index (χ4n) is 7.94. The Morgan fingerprint density at radius 2 is 1.77 bits per heavy atom. The number of carbonyl (C=O) groups excluding carboxylic acids is 5. The van der Waals surface area contributed by atoms with Gasteiger partial charge in [-0.3, -0.25) is 29.4 Å². The van der Waals surface area contributed by atoms with Crippen molar-refractivity contribution in [2.45, 2.75) is 89.9 Å². The van der Waals surface area contributed by atoms with E-state index in [-0.39, 0.29) is 54.5 Å². The first-order valence-corrected chi connectivity index (χ1v) is 21.5. The summed E-state index contributed by atoms with van der Waals surface area (Å²) in [6.07, 6.45) is 6.10. The van der Waals surface area contributed by atoms with Gasteiger partial charge in [0.1, 0.15) is 17.7 Å². The van der Waals surface area contributed by atoms with Crippen LogP contribution in [0, 0.1) is 0 Å². The first-order chi connectivity index (χ1) is 29.5. The minimum absolute atomic E-state index is 0.00528. The zero-order valence-corrected chi connectivity index (χ0v) is 35.1. The number of piperidine rings is 2. The molecule has 3 aliphatic rings. The van der Waals surface area contributed by atoms with Gasteiger partial charge in [0.15, 0.2) is 5.65 Å². The fourth-order valence-corrected chi connectivity index (χ4v) is 8.97. The molecule has 6 heterocycles. The summed E-state index contributed by atoms with van der Waals surface area (Å²) in [6.45, 7) is 8.30. The van der Waals surface area contributed by atoms with E-state index in [0.717, 1.165) is 56.6 Å². The number of amides is 6. The van der Waals surface area contributed by atoms with E-state index in [0.29, 0.717) is 43.4 Å². The normalized spacial score (nSPS) is 17.5. The number of likely N-dealkylation sites (tertiary alicyclic amines) is 1. The zero-order valence-electron chi connectivity index (χ0n) is 34.2. The van der Waals surface area contributed by atoms with Crippen LogP contribution < -0.4 is 26.6 Å². The highest BCUT2D eigenvalue weighted by atomic mass is 32.1. The Labute approximate surface area is 356 Å². The van der Waals surface area contributed by atoms with Crippen LogP contribution in [0.2, 0.25) is 0 Å². The number of aromatic nitrogens is 4. The third-order valence-electron chi connectivity index (χ3n) is 11.5. The number of nitrogens with one attached hydrogen (secondary N) is 5. The lowest BCUT2D eigenvalue weighted by molar-refractivity contribution is -0.136. The van der Waals surface area contributed by atoms with Crippen molar-refractivity contribution in [2.24, 2.45) is 0 Å². The fraction of sp³-hybridized carbons (Fsp3) is 0.395. The summed E-state index contributed by atoms with van der Waals surface area (Å²) in [7, 11) is 0. The maximum absolute atomic E-state index is 13.5. The molecule has 0 radical (unpaired) electrons. The molecule has 0 spiro atoms. The molecule has 5 aromatic rings. The largest absolute Gasteiger partial charge is 0.394 e. The lowest BCUT2D eigenvalue weighted by atomic mass is 9.98. The molecular weight excluding hydrogens is 799 g/mol. The van der Waals surface area contributed by atoms with E-state index in [9.17, 15) is 29.1 Å². The number of thiazole rings is 1. The van der Waals surface area contributed by atoms with Crippen LogP contribution in [0.25, 0.3) is 5.65 Å². The molecule has 3 aliphatic heterocycles. The van der Waals surface area contributed by atoms with Gasteiger partial charge in [-0.05, 0) is 61.4 Å². The van der Waals surface area contributed by atoms with Crippen LogP contribution in [-0.4, -0.2) is 95.9 Å². The van der Waals surface area contributed by atoms with Gasteiger partial charge in [0, 0.05) is 66.1 Å². The minimum Gasteiger partial charge on any atom is -0.394 e. The van der Waals surface area contributed by atoms with Gasteiger partial charge < -0.3 is 31.3 Å². The summed E-state index contributed by atoms with van der Waals surface area (Å²) < 4.78 is 1.80. The average molecular weight is 848 g/mol. The van der Waals surface area contributed by atoms with Gasteiger partial charge in [0.05, 0.1) is 41.5 Å². The van der Waals surface area contributed by atoms with Gasteiger partial charge in [-0.2, -0.15) is 9.61 Å². The molecule has 2 saturated heterocycles. The Morgan fingerprint density at radius 1 is 0.984 bits per heavy atom. The summed E-state index contributed by atoms with van der Waals surface area (Å²) in [5.74, 6) is -0.299. The zero-order chi connectivity index (χ0) is 42.8. The minimum atomic E-state index is -1.03. The summed E-state index contributed by atoms with van der Waals surface area (Å²) in [5, 5.41) is 30.7. The SMILES string of the molecule is CC[C@@H](CO)Nc1cc(NCc2ccc(NC(=O)N3CCC(c4ncc(CNc5cccc6c5C(=O)N(C5CCC(=O)NC5=O)C6=O)s4)CC3)cc2)n2ncc(C(C)C)c2n1. The molecule has 2 aromatic carbocycles. The molecular formula is C43H49N11O6S. The second-order valence-corrected chi connectivity index (χ2v) is 17.0. The number of aliphatic hydroxyl groups excluding tert-OH is 1. The molecule has 18 heteroatoms. The van der Waals surface area contributed by atoms with Gasteiger partial charge in [-0.25, -0.2) is 14.8 Å². The first kappa shape index (κ1) is 41.3. The van der Waals surface area contributed by atoms with Crippen LogP contribution in [0.3, 0.4) is 0 Å². The summed E-state index contributed by atoms with van der Waals surface area (Å²) >= 11 is 1.58. The Kier molecular flexibility index (Phi) is 12.0. The number of fused-ring (bicyclic) bond motifs is 2. The molecule has 6 amide bonds. The van der Waals surface area contributed by atoms with E-state index in [1.165, 1.54) is 0 Å². The lowest BCUT2D eigenvalue weighted by Gasteiger charge is -2.31. The number of benzene rings is 2. The van der Waals surface area contributed by atoms with E-state index in [2.05, 4.69) is 45.5 Å². The van der Waals surface area contributed by atoms with Crippen molar-refractivity contribution < 1.29 is 29.1 Å². The number of hydrogen-bond acceptors (Lipinski definition) is 13. The lowest BCUT2D eigenvalue weighted by Crippen LogP contribution is -2.54. The third-order valence-corrected chi connectivity index (χ3v) is 12.6. The van der Waals surface area contributed by atoms with Crippen LogP contribution in [-0.2, 0) is 22.7 Å². The Morgan fingerprint density at radius 3 is 2.49 bits per heavy atom. The van der Waals surface area contributed by atoms with Crippen LogP contribution in [0.15, 0.2) is 60.9 Å². The van der Waals surface area contributed by atoms with Crippen molar-refractivity contribution in [3.63, 3.8) is 0 Å². The number of hydrogen-bond donors (Lipinski definition) is 6. The monoisotopic (exact) mass is 847 g/mol. The van der Waals surface area contributed by atoms with Crippen molar-refractivity contribution in [3.8, 4) is 0 Å². The van der Waals surface area contributed by atoms with Crippen molar-refractivity contribution in [1.82, 2.24) is 34.7 Å². The van der Waals surface area contributed by atoms with Gasteiger partial charge in [0.25, 0.3) is 11.8 Å². The van der Waals surface area contributed by atoms with Crippen molar-refractivity contribution in [2.75, 3.05) is 41.0 Å². The van der Waals surface area contributed by atoms with Crippen LogP contribution in [0.1, 0.15) is 106 Å². The molecule has 0 saturated carbocycles. The van der Waals surface area contributed by atoms with E-state index in [4.69, 9.17) is 9.97 Å². The molecule has 2 fully saturated rings. The number of rotatable bonds is 14.